The molecule has 2 aliphatic rings. The zero-order valence-electron chi connectivity index (χ0n) is 10.4. The molecule has 2 atom stereocenters. The zero-order valence-corrected chi connectivity index (χ0v) is 11.3. The van der Waals surface area contributed by atoms with Gasteiger partial charge in [0.15, 0.2) is 17.5 Å². The van der Waals surface area contributed by atoms with Crippen molar-refractivity contribution in [3.63, 3.8) is 0 Å². The fourth-order valence-corrected chi connectivity index (χ4v) is 4.46. The predicted octanol–water partition coefficient (Wildman–Crippen LogP) is 0.944. The van der Waals surface area contributed by atoms with E-state index in [1.54, 1.807) is 0 Å². The van der Waals surface area contributed by atoms with Crippen LogP contribution in [0.25, 0.3) is 0 Å². The van der Waals surface area contributed by atoms with Crippen molar-refractivity contribution in [2.24, 2.45) is 11.8 Å². The molecule has 2 fully saturated rings. The van der Waals surface area contributed by atoms with E-state index < -0.39 is 32.4 Å². The molecule has 0 aromatic heterocycles. The van der Waals surface area contributed by atoms with Crippen LogP contribution in [-0.4, -0.2) is 38.9 Å². The summed E-state index contributed by atoms with van der Waals surface area (Å²) in [6.45, 7) is 1.99. The van der Waals surface area contributed by atoms with E-state index in [-0.39, 0.29) is 24.9 Å². The van der Waals surface area contributed by atoms with Crippen LogP contribution in [0.5, 0.6) is 0 Å². The first kappa shape index (κ1) is 13.8. The number of hydrogen-bond donors (Lipinski definition) is 1. The van der Waals surface area contributed by atoms with E-state index >= 15 is 0 Å². The highest BCUT2D eigenvalue weighted by atomic mass is 32.2. The summed E-state index contributed by atoms with van der Waals surface area (Å²) in [6, 6.07) is 1.40. The maximum atomic E-state index is 13.7. The molecule has 0 amide bonds. The first-order valence-corrected chi connectivity index (χ1v) is 7.69. The molecule has 2 saturated heterocycles. The maximum Gasteiger partial charge on any atom is 0.246 e. The lowest BCUT2D eigenvalue weighted by molar-refractivity contribution is 0.417. The highest BCUT2D eigenvalue weighted by Gasteiger charge is 2.42. The number of nitrogens with one attached hydrogen (secondary N) is 1. The van der Waals surface area contributed by atoms with E-state index in [9.17, 15) is 21.6 Å². The molecule has 0 radical (unpaired) electrons. The minimum atomic E-state index is -4.13. The van der Waals surface area contributed by atoms with E-state index in [4.69, 9.17) is 0 Å². The summed E-state index contributed by atoms with van der Waals surface area (Å²) in [7, 11) is -4.13. The van der Waals surface area contributed by atoms with Gasteiger partial charge in [0.1, 0.15) is 4.90 Å². The van der Waals surface area contributed by atoms with Gasteiger partial charge in [-0.15, -0.1) is 0 Å². The normalized spacial score (nSPS) is 26.9. The second-order valence-corrected chi connectivity index (χ2v) is 7.08. The molecule has 0 bridgehead atoms. The first-order chi connectivity index (χ1) is 9.41. The molecule has 1 N–H and O–H groups in total. The van der Waals surface area contributed by atoms with Crippen molar-refractivity contribution in [1.82, 2.24) is 9.62 Å². The third-order valence-electron chi connectivity index (χ3n) is 3.97. The number of nitrogens with zero attached hydrogens (tertiary/aromatic N) is 1. The molecule has 2 aliphatic heterocycles. The minimum absolute atomic E-state index is 0.193. The monoisotopic (exact) mass is 306 g/mol. The zero-order chi connectivity index (χ0) is 14.5. The van der Waals surface area contributed by atoms with Crippen LogP contribution in [0.4, 0.5) is 13.2 Å². The summed E-state index contributed by atoms with van der Waals surface area (Å²) in [5, 5.41) is 3.16. The van der Waals surface area contributed by atoms with Crippen LogP contribution in [0, 0.1) is 29.3 Å². The summed E-state index contributed by atoms with van der Waals surface area (Å²) >= 11 is 0. The maximum absolute atomic E-state index is 13.7. The van der Waals surface area contributed by atoms with Gasteiger partial charge in [-0.2, -0.15) is 4.31 Å². The number of hydrogen-bond acceptors (Lipinski definition) is 3. The number of fused-ring (bicyclic) bond motifs is 1. The molecule has 0 aliphatic carbocycles. The van der Waals surface area contributed by atoms with Crippen LogP contribution in [-0.2, 0) is 10.0 Å². The number of sulfonamides is 1. The van der Waals surface area contributed by atoms with Crippen LogP contribution in [0.15, 0.2) is 17.0 Å². The fraction of sp³-hybridized carbons (Fsp3) is 0.500. The molecule has 20 heavy (non-hydrogen) atoms. The molecule has 3 rings (SSSR count). The van der Waals surface area contributed by atoms with E-state index in [1.165, 1.54) is 0 Å². The number of benzene rings is 1. The van der Waals surface area contributed by atoms with Crippen molar-refractivity contribution in [1.29, 1.82) is 0 Å². The fourth-order valence-electron chi connectivity index (χ4n) is 2.86. The lowest BCUT2D eigenvalue weighted by Crippen LogP contribution is -2.32. The van der Waals surface area contributed by atoms with E-state index in [0.29, 0.717) is 6.07 Å². The third kappa shape index (κ3) is 2.02. The van der Waals surface area contributed by atoms with Gasteiger partial charge in [0.05, 0.1) is 0 Å². The molecular weight excluding hydrogens is 293 g/mol. The quantitative estimate of drug-likeness (QED) is 0.828. The second-order valence-electron chi connectivity index (χ2n) is 5.17. The van der Waals surface area contributed by atoms with Gasteiger partial charge in [-0.3, -0.25) is 0 Å². The van der Waals surface area contributed by atoms with Crippen molar-refractivity contribution in [2.45, 2.75) is 4.90 Å². The average molecular weight is 306 g/mol. The molecule has 110 valence electrons. The van der Waals surface area contributed by atoms with Crippen LogP contribution in [0.1, 0.15) is 0 Å². The summed E-state index contributed by atoms with van der Waals surface area (Å²) in [5.41, 5.74) is 0. The molecule has 1 aromatic carbocycles. The number of halogens is 3. The Morgan fingerprint density at radius 1 is 1.05 bits per heavy atom. The highest BCUT2D eigenvalue weighted by Crippen LogP contribution is 2.32. The van der Waals surface area contributed by atoms with Gasteiger partial charge in [-0.25, -0.2) is 21.6 Å². The lowest BCUT2D eigenvalue weighted by Gasteiger charge is -2.18. The first-order valence-electron chi connectivity index (χ1n) is 6.25. The van der Waals surface area contributed by atoms with Gasteiger partial charge in [0.25, 0.3) is 0 Å². The Balaban J connectivity index is 1.95. The topological polar surface area (TPSA) is 49.4 Å². The molecule has 2 heterocycles. The Morgan fingerprint density at radius 3 is 2.25 bits per heavy atom. The van der Waals surface area contributed by atoms with E-state index in [1.807, 2.05) is 0 Å². The van der Waals surface area contributed by atoms with Crippen molar-refractivity contribution >= 4 is 10.0 Å². The Morgan fingerprint density at radius 2 is 1.65 bits per heavy atom. The van der Waals surface area contributed by atoms with Crippen LogP contribution in [0.2, 0.25) is 0 Å². The third-order valence-corrected chi connectivity index (χ3v) is 5.82. The number of rotatable bonds is 2. The molecule has 8 heteroatoms. The summed E-state index contributed by atoms with van der Waals surface area (Å²) in [6.07, 6.45) is 0. The Bertz CT molecular complexity index is 638. The largest absolute Gasteiger partial charge is 0.316 e. The Kier molecular flexibility index (Phi) is 3.26. The Hall–Kier alpha value is -1.12. The Labute approximate surface area is 114 Å². The predicted molar refractivity (Wildman–Crippen MR) is 64.9 cm³/mol. The molecule has 0 spiro atoms. The van der Waals surface area contributed by atoms with Gasteiger partial charge < -0.3 is 5.32 Å². The molecule has 2 unspecified atom stereocenters. The van der Waals surface area contributed by atoms with Gasteiger partial charge >= 0.3 is 0 Å². The van der Waals surface area contributed by atoms with E-state index in [2.05, 4.69) is 5.32 Å². The SMILES string of the molecule is O=S(=O)(c1ccc(F)c(F)c1F)N1CC2CNCC2C1. The molecule has 4 nitrogen and oxygen atoms in total. The second kappa shape index (κ2) is 4.71. The lowest BCUT2D eigenvalue weighted by atomic mass is 10.0. The van der Waals surface area contributed by atoms with Crippen molar-refractivity contribution in [2.75, 3.05) is 26.2 Å². The van der Waals surface area contributed by atoms with Gasteiger partial charge in [-0.05, 0) is 37.1 Å². The standard InChI is InChI=1S/C12H13F3N2O2S/c13-9-1-2-10(12(15)11(9)14)20(18,19)17-5-7-3-16-4-8(7)6-17/h1-2,7-8,16H,3-6H2. The van der Waals surface area contributed by atoms with Crippen LogP contribution in [0.3, 0.4) is 0 Å². The highest BCUT2D eigenvalue weighted by molar-refractivity contribution is 7.89. The summed E-state index contributed by atoms with van der Waals surface area (Å²) in [5.74, 6) is -4.42. The summed E-state index contributed by atoms with van der Waals surface area (Å²) in [4.78, 5) is -0.802. The van der Waals surface area contributed by atoms with Crippen molar-refractivity contribution in [3.8, 4) is 0 Å². The summed E-state index contributed by atoms with van der Waals surface area (Å²) < 4.78 is 65.6. The van der Waals surface area contributed by atoms with Gasteiger partial charge in [-0.1, -0.05) is 0 Å². The minimum Gasteiger partial charge on any atom is -0.316 e. The molecular formula is C12H13F3N2O2S. The van der Waals surface area contributed by atoms with E-state index in [0.717, 1.165) is 23.5 Å². The van der Waals surface area contributed by atoms with Crippen molar-refractivity contribution < 1.29 is 21.6 Å². The van der Waals surface area contributed by atoms with Crippen molar-refractivity contribution in [3.05, 3.63) is 29.6 Å². The smallest absolute Gasteiger partial charge is 0.246 e. The molecule has 1 aromatic rings. The average Bonchev–Trinajstić information content (AvgIpc) is 2.96. The van der Waals surface area contributed by atoms with Gasteiger partial charge in [0, 0.05) is 13.1 Å². The van der Waals surface area contributed by atoms with Crippen LogP contribution >= 0.6 is 0 Å². The van der Waals surface area contributed by atoms with Gasteiger partial charge in [0.2, 0.25) is 10.0 Å². The van der Waals surface area contributed by atoms with Crippen LogP contribution < -0.4 is 5.32 Å². The molecule has 0 saturated carbocycles.